The molecule has 0 radical (unpaired) electrons. The van der Waals surface area contributed by atoms with E-state index < -0.39 is 10.0 Å². The van der Waals surface area contributed by atoms with Gasteiger partial charge in [0.1, 0.15) is 0 Å². The predicted octanol–water partition coefficient (Wildman–Crippen LogP) is 2.99. The minimum atomic E-state index is -3.26. The molecule has 122 valence electrons. The minimum absolute atomic E-state index is 0.0469. The number of anilines is 1. The van der Waals surface area contributed by atoms with Gasteiger partial charge in [0.25, 0.3) is 0 Å². The SMILES string of the molecule is CCS(=O)(=O)N1CCCC(C(=O)Nc2cc(Cl)cc(Cl)c2)C1. The molecule has 1 heterocycles. The lowest BCUT2D eigenvalue weighted by molar-refractivity contribution is -0.120. The Hall–Kier alpha value is -0.820. The lowest BCUT2D eigenvalue weighted by Crippen LogP contribution is -2.44. The van der Waals surface area contributed by atoms with Crippen molar-refractivity contribution in [3.8, 4) is 0 Å². The predicted molar refractivity (Wildman–Crippen MR) is 88.8 cm³/mol. The molecule has 8 heteroatoms. The van der Waals surface area contributed by atoms with Crippen LogP contribution in [-0.2, 0) is 14.8 Å². The molecule has 5 nitrogen and oxygen atoms in total. The molecule has 1 fully saturated rings. The molecular weight excluding hydrogens is 347 g/mol. The van der Waals surface area contributed by atoms with Crippen LogP contribution in [0.1, 0.15) is 19.8 Å². The van der Waals surface area contributed by atoms with Gasteiger partial charge < -0.3 is 5.32 Å². The van der Waals surface area contributed by atoms with Crippen molar-refractivity contribution in [1.82, 2.24) is 4.31 Å². The quantitative estimate of drug-likeness (QED) is 0.892. The van der Waals surface area contributed by atoms with Crippen molar-refractivity contribution in [3.05, 3.63) is 28.2 Å². The summed E-state index contributed by atoms with van der Waals surface area (Å²) in [6, 6.07) is 4.79. The fourth-order valence-corrected chi connectivity index (χ4v) is 4.17. The van der Waals surface area contributed by atoms with Crippen molar-refractivity contribution < 1.29 is 13.2 Å². The van der Waals surface area contributed by atoms with Gasteiger partial charge in [0.2, 0.25) is 15.9 Å². The standard InChI is InChI=1S/C14H18Cl2N2O3S/c1-2-22(20,21)18-5-3-4-10(9-18)14(19)17-13-7-11(15)6-12(16)8-13/h6-8,10H,2-5,9H2,1H3,(H,17,19). The maximum atomic E-state index is 12.3. The van der Waals surface area contributed by atoms with Crippen molar-refractivity contribution in [1.29, 1.82) is 0 Å². The highest BCUT2D eigenvalue weighted by Crippen LogP contribution is 2.25. The number of benzene rings is 1. The lowest BCUT2D eigenvalue weighted by atomic mass is 9.99. The summed E-state index contributed by atoms with van der Waals surface area (Å²) in [4.78, 5) is 12.3. The normalized spacial score (nSPS) is 19.9. The Morgan fingerprint density at radius 1 is 1.32 bits per heavy atom. The van der Waals surface area contributed by atoms with E-state index in [1.165, 1.54) is 4.31 Å². The maximum absolute atomic E-state index is 12.3. The van der Waals surface area contributed by atoms with Crippen LogP contribution < -0.4 is 5.32 Å². The monoisotopic (exact) mass is 364 g/mol. The lowest BCUT2D eigenvalue weighted by Gasteiger charge is -2.30. The van der Waals surface area contributed by atoms with Gasteiger partial charge in [0.05, 0.1) is 11.7 Å². The van der Waals surface area contributed by atoms with E-state index in [1.807, 2.05) is 0 Å². The topological polar surface area (TPSA) is 66.5 Å². The first-order chi connectivity index (χ1) is 10.3. The Morgan fingerprint density at radius 3 is 2.55 bits per heavy atom. The molecule has 1 aromatic rings. The summed E-state index contributed by atoms with van der Waals surface area (Å²) in [5.41, 5.74) is 0.512. The molecule has 2 rings (SSSR count). The molecule has 0 aromatic heterocycles. The molecule has 1 aromatic carbocycles. The Labute approximate surface area is 140 Å². The third-order valence-electron chi connectivity index (χ3n) is 3.64. The zero-order valence-electron chi connectivity index (χ0n) is 12.2. The summed E-state index contributed by atoms with van der Waals surface area (Å²) < 4.78 is 25.3. The molecule has 0 bridgehead atoms. The van der Waals surface area contributed by atoms with Crippen molar-refractivity contribution in [3.63, 3.8) is 0 Å². The van der Waals surface area contributed by atoms with Crippen LogP contribution in [0.5, 0.6) is 0 Å². The van der Waals surface area contributed by atoms with Gasteiger partial charge in [-0.25, -0.2) is 12.7 Å². The minimum Gasteiger partial charge on any atom is -0.326 e. The maximum Gasteiger partial charge on any atom is 0.228 e. The molecule has 1 aliphatic heterocycles. The van der Waals surface area contributed by atoms with Crippen LogP contribution >= 0.6 is 23.2 Å². The van der Waals surface area contributed by atoms with E-state index in [9.17, 15) is 13.2 Å². The number of carbonyl (C=O) groups is 1. The zero-order valence-corrected chi connectivity index (χ0v) is 14.5. The number of halogens is 2. The number of piperidine rings is 1. The summed E-state index contributed by atoms with van der Waals surface area (Å²) >= 11 is 11.8. The number of hydrogen-bond donors (Lipinski definition) is 1. The van der Waals surface area contributed by atoms with E-state index in [1.54, 1.807) is 25.1 Å². The smallest absolute Gasteiger partial charge is 0.228 e. The second-order valence-corrected chi connectivity index (χ2v) is 8.38. The van der Waals surface area contributed by atoms with Crippen LogP contribution in [0.2, 0.25) is 10.0 Å². The first-order valence-corrected chi connectivity index (χ1v) is 9.43. The molecule has 1 amide bonds. The van der Waals surface area contributed by atoms with Crippen LogP contribution in [0.25, 0.3) is 0 Å². The van der Waals surface area contributed by atoms with Gasteiger partial charge in [-0.3, -0.25) is 4.79 Å². The second kappa shape index (κ2) is 7.17. The number of amides is 1. The highest BCUT2D eigenvalue weighted by molar-refractivity contribution is 7.89. The van der Waals surface area contributed by atoms with Gasteiger partial charge in [-0.05, 0) is 38.0 Å². The van der Waals surface area contributed by atoms with Gasteiger partial charge in [0.15, 0.2) is 0 Å². The van der Waals surface area contributed by atoms with Crippen molar-refractivity contribution >= 4 is 44.8 Å². The summed E-state index contributed by atoms with van der Waals surface area (Å²) in [5, 5.41) is 3.62. The Bertz CT molecular complexity index is 644. The number of nitrogens with zero attached hydrogens (tertiary/aromatic N) is 1. The van der Waals surface area contributed by atoms with E-state index in [0.717, 1.165) is 0 Å². The molecule has 0 saturated carbocycles. The van der Waals surface area contributed by atoms with Gasteiger partial charge in [-0.15, -0.1) is 0 Å². The number of nitrogens with one attached hydrogen (secondary N) is 1. The van der Waals surface area contributed by atoms with E-state index >= 15 is 0 Å². The zero-order chi connectivity index (χ0) is 16.3. The Kier molecular flexibility index (Phi) is 5.71. The van der Waals surface area contributed by atoms with Crippen molar-refractivity contribution in [2.24, 2.45) is 5.92 Å². The summed E-state index contributed by atoms with van der Waals surface area (Å²) in [5.74, 6) is -0.534. The van der Waals surface area contributed by atoms with Crippen LogP contribution in [0.3, 0.4) is 0 Å². The van der Waals surface area contributed by atoms with Crippen LogP contribution in [-0.4, -0.2) is 37.5 Å². The average molecular weight is 365 g/mol. The van der Waals surface area contributed by atoms with Gasteiger partial charge in [-0.1, -0.05) is 23.2 Å². The molecule has 1 unspecified atom stereocenters. The third kappa shape index (κ3) is 4.35. The first kappa shape index (κ1) is 17.5. The van der Waals surface area contributed by atoms with Gasteiger partial charge >= 0.3 is 0 Å². The number of hydrogen-bond acceptors (Lipinski definition) is 3. The summed E-state index contributed by atoms with van der Waals surface area (Å²) in [7, 11) is -3.26. The third-order valence-corrected chi connectivity index (χ3v) is 5.93. The van der Waals surface area contributed by atoms with Crippen molar-refractivity contribution in [2.45, 2.75) is 19.8 Å². The second-order valence-electron chi connectivity index (χ2n) is 5.25. The fourth-order valence-electron chi connectivity index (χ4n) is 2.46. The number of rotatable bonds is 4. The Morgan fingerprint density at radius 2 is 1.95 bits per heavy atom. The van der Waals surface area contributed by atoms with E-state index in [-0.39, 0.29) is 24.1 Å². The van der Waals surface area contributed by atoms with Gasteiger partial charge in [-0.2, -0.15) is 0 Å². The van der Waals surface area contributed by atoms with Crippen LogP contribution in [0, 0.1) is 5.92 Å². The fraction of sp³-hybridized carbons (Fsp3) is 0.500. The highest BCUT2D eigenvalue weighted by atomic mass is 35.5. The van der Waals surface area contributed by atoms with Crippen LogP contribution in [0.4, 0.5) is 5.69 Å². The number of carbonyl (C=O) groups excluding carboxylic acids is 1. The number of sulfonamides is 1. The summed E-state index contributed by atoms with van der Waals surface area (Å²) in [6.45, 7) is 2.30. The molecule has 1 aliphatic rings. The van der Waals surface area contributed by atoms with Gasteiger partial charge in [0, 0.05) is 28.8 Å². The molecule has 1 saturated heterocycles. The van der Waals surface area contributed by atoms with E-state index in [0.29, 0.717) is 35.1 Å². The molecular formula is C14H18Cl2N2O3S. The summed E-state index contributed by atoms with van der Waals surface area (Å²) in [6.07, 6.45) is 1.34. The van der Waals surface area contributed by atoms with Crippen LogP contribution in [0.15, 0.2) is 18.2 Å². The average Bonchev–Trinajstić information content (AvgIpc) is 2.46. The first-order valence-electron chi connectivity index (χ1n) is 7.06. The van der Waals surface area contributed by atoms with E-state index in [2.05, 4.69) is 5.32 Å². The van der Waals surface area contributed by atoms with E-state index in [4.69, 9.17) is 23.2 Å². The molecule has 1 N–H and O–H groups in total. The van der Waals surface area contributed by atoms with Crippen molar-refractivity contribution in [2.75, 3.05) is 24.2 Å². The largest absolute Gasteiger partial charge is 0.326 e. The Balaban J connectivity index is 2.06. The molecule has 1 atom stereocenters. The molecule has 0 aliphatic carbocycles. The molecule has 22 heavy (non-hydrogen) atoms. The molecule has 0 spiro atoms. The highest BCUT2D eigenvalue weighted by Gasteiger charge is 2.31.